The number of amides is 2. The molecule has 3 rings (SSSR count). The highest BCUT2D eigenvalue weighted by molar-refractivity contribution is 5.87. The van der Waals surface area contributed by atoms with Crippen molar-refractivity contribution < 1.29 is 9.59 Å². The van der Waals surface area contributed by atoms with Gasteiger partial charge in [-0.2, -0.15) is 0 Å². The molecule has 3 aliphatic rings. The Morgan fingerprint density at radius 3 is 2.37 bits per heavy atom. The van der Waals surface area contributed by atoms with Crippen molar-refractivity contribution in [1.29, 1.82) is 0 Å². The normalized spacial score (nSPS) is 34.1. The van der Waals surface area contributed by atoms with Gasteiger partial charge in [0.1, 0.15) is 6.04 Å². The van der Waals surface area contributed by atoms with Crippen molar-refractivity contribution in [2.24, 2.45) is 17.8 Å². The molecule has 2 unspecified atom stereocenters. The van der Waals surface area contributed by atoms with Crippen molar-refractivity contribution >= 4 is 11.8 Å². The molecule has 4 heteroatoms. The van der Waals surface area contributed by atoms with E-state index in [0.29, 0.717) is 12.0 Å². The molecule has 2 amide bonds. The molecule has 0 aromatic heterocycles. The van der Waals surface area contributed by atoms with Crippen LogP contribution < -0.4 is 10.6 Å². The Kier molecular flexibility index (Phi) is 3.50. The second kappa shape index (κ2) is 5.14. The molecule has 3 fully saturated rings. The van der Waals surface area contributed by atoms with E-state index in [2.05, 4.69) is 10.6 Å². The molecule has 0 aliphatic heterocycles. The molecule has 0 saturated heterocycles. The third-order valence-electron chi connectivity index (χ3n) is 5.08. The summed E-state index contributed by atoms with van der Waals surface area (Å²) in [5.41, 5.74) is 0. The first-order chi connectivity index (χ1) is 9.11. The van der Waals surface area contributed by atoms with Crippen molar-refractivity contribution in [3.8, 4) is 0 Å². The molecule has 0 aromatic carbocycles. The van der Waals surface area contributed by atoms with Gasteiger partial charge in [0.25, 0.3) is 0 Å². The first kappa shape index (κ1) is 12.9. The number of carbonyl (C=O) groups excluding carboxylic acids is 2. The maximum absolute atomic E-state index is 12.3. The quantitative estimate of drug-likeness (QED) is 0.792. The number of hydrogen-bond acceptors (Lipinski definition) is 2. The molecule has 4 nitrogen and oxygen atoms in total. The van der Waals surface area contributed by atoms with Crippen molar-refractivity contribution in [2.75, 3.05) is 0 Å². The van der Waals surface area contributed by atoms with Crippen LogP contribution in [0.5, 0.6) is 0 Å². The van der Waals surface area contributed by atoms with Crippen LogP contribution in [0.4, 0.5) is 0 Å². The van der Waals surface area contributed by atoms with Crippen molar-refractivity contribution in [2.45, 2.75) is 64.0 Å². The first-order valence-corrected chi connectivity index (χ1v) is 7.69. The van der Waals surface area contributed by atoms with Crippen molar-refractivity contribution in [3.63, 3.8) is 0 Å². The van der Waals surface area contributed by atoms with E-state index in [0.717, 1.165) is 31.1 Å². The molecular weight excluding hydrogens is 240 g/mol. The summed E-state index contributed by atoms with van der Waals surface area (Å²) in [4.78, 5) is 23.6. The lowest BCUT2D eigenvalue weighted by atomic mass is 9.80. The van der Waals surface area contributed by atoms with E-state index in [1.165, 1.54) is 32.6 Å². The predicted octanol–water partition coefficient (Wildman–Crippen LogP) is 1.60. The number of nitrogens with one attached hydrogen (secondary N) is 2. The summed E-state index contributed by atoms with van der Waals surface area (Å²) in [5, 5.41) is 5.97. The highest BCUT2D eigenvalue weighted by Crippen LogP contribution is 2.51. The van der Waals surface area contributed by atoms with E-state index in [9.17, 15) is 9.59 Å². The van der Waals surface area contributed by atoms with Gasteiger partial charge in [-0.15, -0.1) is 0 Å². The molecule has 19 heavy (non-hydrogen) atoms. The van der Waals surface area contributed by atoms with Crippen LogP contribution in [0.15, 0.2) is 0 Å². The van der Waals surface area contributed by atoms with E-state index in [-0.39, 0.29) is 17.9 Å². The fourth-order valence-electron chi connectivity index (χ4n) is 3.67. The van der Waals surface area contributed by atoms with E-state index in [1.54, 1.807) is 0 Å². The summed E-state index contributed by atoms with van der Waals surface area (Å²) in [6, 6.07) is 0.0358. The zero-order valence-corrected chi connectivity index (χ0v) is 11.7. The molecule has 0 spiro atoms. The Morgan fingerprint density at radius 1 is 1.16 bits per heavy atom. The van der Waals surface area contributed by atoms with E-state index in [1.807, 2.05) is 0 Å². The Bertz CT molecular complexity index is 368. The van der Waals surface area contributed by atoms with Crippen LogP contribution in [-0.2, 0) is 9.59 Å². The van der Waals surface area contributed by atoms with Crippen LogP contribution in [0, 0.1) is 17.8 Å². The number of rotatable bonds is 5. The van der Waals surface area contributed by atoms with E-state index in [4.69, 9.17) is 0 Å². The van der Waals surface area contributed by atoms with Gasteiger partial charge in [0.15, 0.2) is 0 Å². The SMILES string of the molecule is CC(=O)N[C@H](CC1CCC1)C(=O)NC1CC2CC2C1. The van der Waals surface area contributed by atoms with Crippen molar-refractivity contribution in [1.82, 2.24) is 10.6 Å². The zero-order chi connectivity index (χ0) is 13.4. The van der Waals surface area contributed by atoms with E-state index < -0.39 is 0 Å². The van der Waals surface area contributed by atoms with Crippen LogP contribution >= 0.6 is 0 Å². The number of hydrogen-bond donors (Lipinski definition) is 2. The minimum atomic E-state index is -0.320. The maximum Gasteiger partial charge on any atom is 0.242 e. The summed E-state index contributed by atoms with van der Waals surface area (Å²) in [6.07, 6.45) is 8.15. The second-order valence-corrected chi connectivity index (χ2v) is 6.72. The Hall–Kier alpha value is -1.06. The molecule has 0 heterocycles. The third-order valence-corrected chi connectivity index (χ3v) is 5.08. The second-order valence-electron chi connectivity index (χ2n) is 6.72. The van der Waals surface area contributed by atoms with Gasteiger partial charge in [-0.25, -0.2) is 0 Å². The monoisotopic (exact) mass is 264 g/mol. The smallest absolute Gasteiger partial charge is 0.242 e. The molecule has 2 N–H and O–H groups in total. The minimum absolute atomic E-state index is 0.0356. The number of carbonyl (C=O) groups is 2. The van der Waals surface area contributed by atoms with Gasteiger partial charge in [0.05, 0.1) is 0 Å². The topological polar surface area (TPSA) is 58.2 Å². The average molecular weight is 264 g/mol. The van der Waals surface area contributed by atoms with Gasteiger partial charge in [0, 0.05) is 13.0 Å². The van der Waals surface area contributed by atoms with Gasteiger partial charge in [-0.05, 0) is 43.4 Å². The summed E-state index contributed by atoms with van der Waals surface area (Å²) < 4.78 is 0. The Morgan fingerprint density at radius 2 is 1.84 bits per heavy atom. The predicted molar refractivity (Wildman–Crippen MR) is 72.3 cm³/mol. The van der Waals surface area contributed by atoms with Crippen LogP contribution in [0.25, 0.3) is 0 Å². The standard InChI is InChI=1S/C15H24N2O2/c1-9(18)16-14(5-10-3-2-4-10)15(19)17-13-7-11-6-12(11)8-13/h10-14H,2-8H2,1H3,(H,16,18)(H,17,19)/t11?,12?,13?,14-/m1/s1. The first-order valence-electron chi connectivity index (χ1n) is 7.69. The van der Waals surface area contributed by atoms with Crippen LogP contribution in [0.3, 0.4) is 0 Å². The zero-order valence-electron chi connectivity index (χ0n) is 11.7. The highest BCUT2D eigenvalue weighted by Gasteiger charge is 2.46. The number of fused-ring (bicyclic) bond motifs is 1. The fraction of sp³-hybridized carbons (Fsp3) is 0.867. The summed E-state index contributed by atoms with van der Waals surface area (Å²) >= 11 is 0. The van der Waals surface area contributed by atoms with Crippen LogP contribution in [0.2, 0.25) is 0 Å². The Balaban J connectivity index is 1.51. The van der Waals surface area contributed by atoms with Crippen LogP contribution in [0.1, 0.15) is 51.9 Å². The largest absolute Gasteiger partial charge is 0.352 e. The summed E-state index contributed by atoms with van der Waals surface area (Å²) in [5.74, 6) is 2.30. The van der Waals surface area contributed by atoms with Crippen LogP contribution in [-0.4, -0.2) is 23.9 Å². The van der Waals surface area contributed by atoms with Gasteiger partial charge >= 0.3 is 0 Å². The summed E-state index contributed by atoms with van der Waals surface area (Å²) in [7, 11) is 0. The molecule has 3 aliphatic carbocycles. The lowest BCUT2D eigenvalue weighted by Gasteiger charge is -2.30. The lowest BCUT2D eigenvalue weighted by Crippen LogP contribution is -2.50. The van der Waals surface area contributed by atoms with Gasteiger partial charge in [0.2, 0.25) is 11.8 Å². The molecule has 106 valence electrons. The third kappa shape index (κ3) is 3.10. The summed E-state index contributed by atoms with van der Waals surface area (Å²) in [6.45, 7) is 1.49. The highest BCUT2D eigenvalue weighted by atomic mass is 16.2. The molecule has 3 atom stereocenters. The molecular formula is C15H24N2O2. The molecule has 0 aromatic rings. The molecule has 0 radical (unpaired) electrons. The fourth-order valence-corrected chi connectivity index (χ4v) is 3.67. The van der Waals surface area contributed by atoms with E-state index >= 15 is 0 Å². The molecule has 0 bridgehead atoms. The maximum atomic E-state index is 12.3. The molecule has 3 saturated carbocycles. The van der Waals surface area contributed by atoms with Gasteiger partial charge in [-0.3, -0.25) is 9.59 Å². The van der Waals surface area contributed by atoms with Gasteiger partial charge in [-0.1, -0.05) is 19.3 Å². The van der Waals surface area contributed by atoms with Crippen molar-refractivity contribution in [3.05, 3.63) is 0 Å². The average Bonchev–Trinajstić information content (AvgIpc) is 2.89. The Labute approximate surface area is 114 Å². The minimum Gasteiger partial charge on any atom is -0.352 e. The van der Waals surface area contributed by atoms with Gasteiger partial charge < -0.3 is 10.6 Å². The lowest BCUT2D eigenvalue weighted by molar-refractivity contribution is -0.129.